The van der Waals surface area contributed by atoms with E-state index < -0.39 is 5.97 Å². The van der Waals surface area contributed by atoms with Crippen LogP contribution in [0.5, 0.6) is 0 Å². The van der Waals surface area contributed by atoms with E-state index in [0.29, 0.717) is 11.3 Å². The predicted molar refractivity (Wildman–Crippen MR) is 83.3 cm³/mol. The molecule has 2 N–H and O–H groups in total. The number of amides is 1. The summed E-state index contributed by atoms with van der Waals surface area (Å²) < 4.78 is 10.6. The van der Waals surface area contributed by atoms with E-state index in [-0.39, 0.29) is 30.5 Å². The van der Waals surface area contributed by atoms with Crippen LogP contribution in [0.2, 0.25) is 0 Å². The van der Waals surface area contributed by atoms with E-state index in [1.165, 1.54) is 12.1 Å². The Kier molecular flexibility index (Phi) is 5.54. The predicted octanol–water partition coefficient (Wildman–Crippen LogP) is 2.33. The van der Waals surface area contributed by atoms with Crippen LogP contribution < -0.4 is 5.32 Å². The van der Waals surface area contributed by atoms with Crippen LogP contribution in [0.3, 0.4) is 0 Å². The first kappa shape index (κ1) is 16.8. The number of aromatic carboxylic acids is 1. The van der Waals surface area contributed by atoms with E-state index in [1.54, 1.807) is 25.3 Å². The van der Waals surface area contributed by atoms with Gasteiger partial charge in [-0.1, -0.05) is 12.1 Å². The van der Waals surface area contributed by atoms with Gasteiger partial charge in [-0.15, -0.1) is 0 Å². The Balaban J connectivity index is 2.04. The van der Waals surface area contributed by atoms with Crippen LogP contribution in [0.15, 0.2) is 40.8 Å². The van der Waals surface area contributed by atoms with Gasteiger partial charge in [-0.3, -0.25) is 4.79 Å². The van der Waals surface area contributed by atoms with Gasteiger partial charge < -0.3 is 19.6 Å². The molecule has 0 fully saturated rings. The van der Waals surface area contributed by atoms with Gasteiger partial charge >= 0.3 is 5.97 Å². The van der Waals surface area contributed by atoms with Crippen molar-refractivity contribution < 1.29 is 23.8 Å². The zero-order chi connectivity index (χ0) is 16.8. The number of rotatable bonds is 7. The van der Waals surface area contributed by atoms with Gasteiger partial charge in [0.25, 0.3) is 0 Å². The Labute approximate surface area is 134 Å². The second-order valence-corrected chi connectivity index (χ2v) is 5.21. The summed E-state index contributed by atoms with van der Waals surface area (Å²) in [6.45, 7) is 2.11. The molecule has 0 aliphatic carbocycles. The molecule has 1 heterocycles. The monoisotopic (exact) mass is 317 g/mol. The molecule has 0 spiro atoms. The molecule has 0 saturated heterocycles. The molecule has 1 amide bonds. The Morgan fingerprint density at radius 1 is 1.30 bits per heavy atom. The molecule has 2 aromatic rings. The van der Waals surface area contributed by atoms with Gasteiger partial charge in [0.15, 0.2) is 0 Å². The maximum Gasteiger partial charge on any atom is 0.335 e. The van der Waals surface area contributed by atoms with Gasteiger partial charge in [0, 0.05) is 7.11 Å². The highest BCUT2D eigenvalue weighted by molar-refractivity contribution is 5.88. The molecular formula is C17H19NO5. The van der Waals surface area contributed by atoms with Crippen LogP contribution in [0, 0.1) is 6.92 Å². The SMILES string of the molecule is COCC(NC(=O)Cc1cccc(C(=O)O)c1)c1ccc(C)o1. The number of ether oxygens (including phenoxy) is 1. The van der Waals surface area contributed by atoms with Crippen molar-refractivity contribution in [1.29, 1.82) is 0 Å². The quantitative estimate of drug-likeness (QED) is 0.818. The van der Waals surface area contributed by atoms with Crippen molar-refractivity contribution in [3.63, 3.8) is 0 Å². The molecule has 1 aromatic heterocycles. The molecule has 6 heteroatoms. The fourth-order valence-corrected chi connectivity index (χ4v) is 2.25. The number of methoxy groups -OCH3 is 1. The third-order valence-corrected chi connectivity index (χ3v) is 3.31. The average Bonchev–Trinajstić information content (AvgIpc) is 2.93. The van der Waals surface area contributed by atoms with Crippen molar-refractivity contribution in [3.05, 3.63) is 59.0 Å². The van der Waals surface area contributed by atoms with Gasteiger partial charge in [0.1, 0.15) is 17.6 Å². The summed E-state index contributed by atoms with van der Waals surface area (Å²) in [7, 11) is 1.55. The zero-order valence-electron chi connectivity index (χ0n) is 13.0. The number of carboxylic acid groups (broad SMARTS) is 1. The fraction of sp³-hybridized carbons (Fsp3) is 0.294. The first-order valence-corrected chi connectivity index (χ1v) is 7.16. The Morgan fingerprint density at radius 2 is 2.09 bits per heavy atom. The molecule has 0 saturated carbocycles. The number of aryl methyl sites for hydroxylation is 1. The lowest BCUT2D eigenvalue weighted by Crippen LogP contribution is -2.32. The van der Waals surface area contributed by atoms with Crippen LogP contribution >= 0.6 is 0 Å². The Morgan fingerprint density at radius 3 is 2.70 bits per heavy atom. The molecule has 6 nitrogen and oxygen atoms in total. The van der Waals surface area contributed by atoms with Crippen molar-refractivity contribution >= 4 is 11.9 Å². The van der Waals surface area contributed by atoms with Crippen molar-refractivity contribution in [2.75, 3.05) is 13.7 Å². The van der Waals surface area contributed by atoms with Gasteiger partial charge in [0.2, 0.25) is 5.91 Å². The number of benzene rings is 1. The number of hydrogen-bond acceptors (Lipinski definition) is 4. The summed E-state index contributed by atoms with van der Waals surface area (Å²) in [4.78, 5) is 23.2. The topological polar surface area (TPSA) is 88.8 Å². The van der Waals surface area contributed by atoms with E-state index in [2.05, 4.69) is 5.32 Å². The van der Waals surface area contributed by atoms with Gasteiger partial charge in [-0.25, -0.2) is 4.79 Å². The number of carboxylic acids is 1. The lowest BCUT2D eigenvalue weighted by atomic mass is 10.1. The second-order valence-electron chi connectivity index (χ2n) is 5.21. The zero-order valence-corrected chi connectivity index (χ0v) is 13.0. The first-order valence-electron chi connectivity index (χ1n) is 7.16. The fourth-order valence-electron chi connectivity index (χ4n) is 2.25. The average molecular weight is 317 g/mol. The molecule has 1 atom stereocenters. The summed E-state index contributed by atoms with van der Waals surface area (Å²) >= 11 is 0. The lowest BCUT2D eigenvalue weighted by Gasteiger charge is -2.16. The number of hydrogen-bond donors (Lipinski definition) is 2. The first-order chi connectivity index (χ1) is 11.0. The number of carbonyl (C=O) groups excluding carboxylic acids is 1. The van der Waals surface area contributed by atoms with E-state index >= 15 is 0 Å². The van der Waals surface area contributed by atoms with Gasteiger partial charge in [-0.2, -0.15) is 0 Å². The molecular weight excluding hydrogens is 298 g/mol. The third-order valence-electron chi connectivity index (χ3n) is 3.31. The lowest BCUT2D eigenvalue weighted by molar-refractivity contribution is -0.121. The minimum Gasteiger partial charge on any atom is -0.478 e. The maximum atomic E-state index is 12.2. The largest absolute Gasteiger partial charge is 0.478 e. The van der Waals surface area contributed by atoms with Crippen LogP contribution in [-0.2, 0) is 16.0 Å². The minimum absolute atomic E-state index is 0.0844. The van der Waals surface area contributed by atoms with Crippen molar-refractivity contribution in [2.45, 2.75) is 19.4 Å². The highest BCUT2D eigenvalue weighted by Gasteiger charge is 2.18. The molecule has 1 unspecified atom stereocenters. The summed E-state index contributed by atoms with van der Waals surface area (Å²) in [5, 5.41) is 11.8. The smallest absolute Gasteiger partial charge is 0.335 e. The normalized spacial score (nSPS) is 11.9. The minimum atomic E-state index is -1.02. The third kappa shape index (κ3) is 4.69. The Bertz CT molecular complexity index is 692. The summed E-state index contributed by atoms with van der Waals surface area (Å²) in [5.74, 6) is 0.126. The van der Waals surface area contributed by atoms with E-state index in [9.17, 15) is 9.59 Å². The van der Waals surface area contributed by atoms with Crippen molar-refractivity contribution in [1.82, 2.24) is 5.32 Å². The molecule has 2 rings (SSSR count). The maximum absolute atomic E-state index is 12.2. The summed E-state index contributed by atoms with van der Waals surface area (Å²) in [6, 6.07) is 9.55. The Hall–Kier alpha value is -2.60. The van der Waals surface area contributed by atoms with Crippen LogP contribution in [-0.4, -0.2) is 30.7 Å². The molecule has 0 aliphatic rings. The molecule has 0 radical (unpaired) electrons. The summed E-state index contributed by atoms with van der Waals surface area (Å²) in [6.07, 6.45) is 0.0844. The van der Waals surface area contributed by atoms with Crippen molar-refractivity contribution in [2.24, 2.45) is 0 Å². The van der Waals surface area contributed by atoms with E-state index in [4.69, 9.17) is 14.3 Å². The second kappa shape index (κ2) is 7.60. The van der Waals surface area contributed by atoms with Crippen LogP contribution in [0.25, 0.3) is 0 Å². The molecule has 0 bridgehead atoms. The number of carbonyl (C=O) groups is 2. The van der Waals surface area contributed by atoms with Gasteiger partial charge in [-0.05, 0) is 36.8 Å². The molecule has 23 heavy (non-hydrogen) atoms. The molecule has 122 valence electrons. The van der Waals surface area contributed by atoms with E-state index in [0.717, 1.165) is 5.76 Å². The number of nitrogens with one attached hydrogen (secondary N) is 1. The van der Waals surface area contributed by atoms with Crippen LogP contribution in [0.1, 0.15) is 33.5 Å². The summed E-state index contributed by atoms with van der Waals surface area (Å²) in [5.41, 5.74) is 0.791. The van der Waals surface area contributed by atoms with E-state index in [1.807, 2.05) is 13.0 Å². The van der Waals surface area contributed by atoms with Gasteiger partial charge in [0.05, 0.1) is 18.6 Å². The molecule has 1 aromatic carbocycles. The molecule has 0 aliphatic heterocycles. The van der Waals surface area contributed by atoms with Crippen LogP contribution in [0.4, 0.5) is 0 Å². The highest BCUT2D eigenvalue weighted by Crippen LogP contribution is 2.17. The standard InChI is InChI=1S/C17H19NO5/c1-11-6-7-15(23-11)14(10-22-2)18-16(19)9-12-4-3-5-13(8-12)17(20)21/h3-8,14H,9-10H2,1-2H3,(H,18,19)(H,20,21). The van der Waals surface area contributed by atoms with Crippen molar-refractivity contribution in [3.8, 4) is 0 Å². The number of furan rings is 1. The highest BCUT2D eigenvalue weighted by atomic mass is 16.5.